The standard InChI is InChI=1S/C16H16N2O2S.C15H11ClN4/c1-14-9-11-16(12-10-14)21(19,20)18-17-13-5-8-15-6-3-2-4-7-15;16-13-7-4-8-14(11-13)20-18-15(17-19-20)10-9-12-5-2-1-3-6-12/h2-13,18H,1H3;1-11H. The number of nitrogens with one attached hydrogen (secondary N) is 1. The Morgan fingerprint density at radius 3 is 2.12 bits per heavy atom. The van der Waals surface area contributed by atoms with Gasteiger partial charge < -0.3 is 0 Å². The van der Waals surface area contributed by atoms with E-state index in [0.717, 1.165) is 22.4 Å². The largest absolute Gasteiger partial charge is 0.276 e. The molecule has 0 atom stereocenters. The van der Waals surface area contributed by atoms with Gasteiger partial charge in [-0.1, -0.05) is 108 Å². The summed E-state index contributed by atoms with van der Waals surface area (Å²) in [6, 6.07) is 33.5. The van der Waals surface area contributed by atoms with E-state index in [-0.39, 0.29) is 4.90 Å². The van der Waals surface area contributed by atoms with Crippen molar-refractivity contribution in [1.29, 1.82) is 0 Å². The first-order valence-corrected chi connectivity index (χ1v) is 14.4. The summed E-state index contributed by atoms with van der Waals surface area (Å²) in [6.45, 7) is 1.90. The van der Waals surface area contributed by atoms with Gasteiger partial charge in [0, 0.05) is 11.2 Å². The van der Waals surface area contributed by atoms with Crippen LogP contribution in [-0.2, 0) is 10.0 Å². The summed E-state index contributed by atoms with van der Waals surface area (Å²) < 4.78 is 23.9. The minimum Gasteiger partial charge on any atom is -0.200 e. The fourth-order valence-corrected chi connectivity index (χ4v) is 4.35. The van der Waals surface area contributed by atoms with E-state index < -0.39 is 10.0 Å². The highest BCUT2D eigenvalue weighted by molar-refractivity contribution is 7.89. The van der Waals surface area contributed by atoms with Gasteiger partial charge in [0.25, 0.3) is 10.0 Å². The number of hydrogen-bond acceptors (Lipinski definition) is 6. The fraction of sp³-hybridized carbons (Fsp3) is 0.0323. The van der Waals surface area contributed by atoms with Crippen LogP contribution in [0.5, 0.6) is 0 Å². The van der Waals surface area contributed by atoms with E-state index in [0.29, 0.717) is 10.8 Å². The maximum atomic E-state index is 11.9. The molecule has 0 saturated carbocycles. The number of hydrogen-bond donors (Lipinski definition) is 1. The number of hydrazone groups is 1. The van der Waals surface area contributed by atoms with Gasteiger partial charge in [-0.3, -0.25) is 0 Å². The van der Waals surface area contributed by atoms with E-state index in [1.807, 2.05) is 97.9 Å². The summed E-state index contributed by atoms with van der Waals surface area (Å²) in [7, 11) is -3.60. The second kappa shape index (κ2) is 14.5. The number of nitrogens with zero attached hydrogens (tertiary/aromatic N) is 5. The lowest BCUT2D eigenvalue weighted by atomic mass is 10.2. The number of tetrazole rings is 1. The van der Waals surface area contributed by atoms with Crippen molar-refractivity contribution < 1.29 is 8.42 Å². The zero-order valence-corrected chi connectivity index (χ0v) is 23.7. The zero-order chi connectivity index (χ0) is 28.9. The maximum absolute atomic E-state index is 11.9. The lowest BCUT2D eigenvalue weighted by Gasteiger charge is -2.02. The molecule has 0 radical (unpaired) electrons. The Balaban J connectivity index is 0.000000189. The molecule has 5 aromatic rings. The van der Waals surface area contributed by atoms with Crippen LogP contribution < -0.4 is 4.83 Å². The van der Waals surface area contributed by atoms with Crippen molar-refractivity contribution in [3.8, 4) is 5.69 Å². The molecule has 0 spiro atoms. The third-order valence-electron chi connectivity index (χ3n) is 5.45. The second-order valence-electron chi connectivity index (χ2n) is 8.62. The Hall–Kier alpha value is -4.86. The molecule has 10 heteroatoms. The van der Waals surface area contributed by atoms with Crippen LogP contribution in [-0.4, -0.2) is 34.8 Å². The van der Waals surface area contributed by atoms with Gasteiger partial charge in [-0.05, 0) is 65.7 Å². The highest BCUT2D eigenvalue weighted by Crippen LogP contribution is 2.13. The van der Waals surface area contributed by atoms with Crippen LogP contribution in [0, 0.1) is 6.92 Å². The molecule has 5 rings (SSSR count). The highest BCUT2D eigenvalue weighted by Gasteiger charge is 2.11. The quantitative estimate of drug-likeness (QED) is 0.167. The Morgan fingerprint density at radius 2 is 1.46 bits per heavy atom. The van der Waals surface area contributed by atoms with Crippen molar-refractivity contribution >= 4 is 46.1 Å². The predicted octanol–water partition coefficient (Wildman–Crippen LogP) is 6.46. The van der Waals surface area contributed by atoms with Crippen molar-refractivity contribution in [3.63, 3.8) is 0 Å². The van der Waals surface area contributed by atoms with Crippen molar-refractivity contribution in [2.75, 3.05) is 0 Å². The van der Waals surface area contributed by atoms with Gasteiger partial charge in [-0.25, -0.2) is 4.83 Å². The van der Waals surface area contributed by atoms with Gasteiger partial charge in [-0.2, -0.15) is 13.5 Å². The minimum absolute atomic E-state index is 0.192. The van der Waals surface area contributed by atoms with Crippen molar-refractivity contribution in [1.82, 2.24) is 25.0 Å². The molecule has 206 valence electrons. The van der Waals surface area contributed by atoms with E-state index in [4.69, 9.17) is 11.6 Å². The molecule has 1 aromatic heterocycles. The van der Waals surface area contributed by atoms with E-state index in [9.17, 15) is 8.42 Å². The second-order valence-corrected chi connectivity index (χ2v) is 10.7. The fourth-order valence-electron chi connectivity index (χ4n) is 3.37. The van der Waals surface area contributed by atoms with Gasteiger partial charge in [0.1, 0.15) is 0 Å². The Kier molecular flexibility index (Phi) is 10.3. The van der Waals surface area contributed by atoms with Gasteiger partial charge in [-0.15, -0.1) is 15.0 Å². The van der Waals surface area contributed by atoms with Gasteiger partial charge in [0.2, 0.25) is 0 Å². The first-order chi connectivity index (χ1) is 19.9. The molecule has 0 aliphatic rings. The number of sulfonamides is 1. The molecule has 1 heterocycles. The first-order valence-electron chi connectivity index (χ1n) is 12.5. The lowest BCUT2D eigenvalue weighted by molar-refractivity contribution is 0.584. The third kappa shape index (κ3) is 9.38. The number of rotatable bonds is 8. The summed E-state index contributed by atoms with van der Waals surface area (Å²) in [5, 5.41) is 16.6. The molecule has 8 nitrogen and oxygen atoms in total. The average molecular weight is 583 g/mol. The van der Waals surface area contributed by atoms with Crippen molar-refractivity contribution in [3.05, 3.63) is 143 Å². The van der Waals surface area contributed by atoms with Crippen LogP contribution in [0.2, 0.25) is 5.02 Å². The van der Waals surface area contributed by atoms with E-state index in [1.165, 1.54) is 11.0 Å². The number of aryl methyl sites for hydroxylation is 1. The number of allylic oxidation sites excluding steroid dienone is 1. The van der Waals surface area contributed by atoms with Gasteiger partial charge in [0.05, 0.1) is 10.6 Å². The summed E-state index contributed by atoms with van der Waals surface area (Å²) >= 11 is 5.94. The summed E-state index contributed by atoms with van der Waals surface area (Å²) in [6.07, 6.45) is 8.68. The molecule has 0 unspecified atom stereocenters. The van der Waals surface area contributed by atoms with Crippen LogP contribution in [0.15, 0.2) is 125 Å². The van der Waals surface area contributed by atoms with Crippen LogP contribution in [0.3, 0.4) is 0 Å². The van der Waals surface area contributed by atoms with Crippen molar-refractivity contribution in [2.45, 2.75) is 11.8 Å². The normalized spacial score (nSPS) is 11.6. The summed E-state index contributed by atoms with van der Waals surface area (Å²) in [4.78, 5) is 3.82. The monoisotopic (exact) mass is 582 g/mol. The molecule has 0 bridgehead atoms. The third-order valence-corrected chi connectivity index (χ3v) is 6.92. The Labute approximate surface area is 244 Å². The summed E-state index contributed by atoms with van der Waals surface area (Å²) in [5.41, 5.74) is 3.89. The van der Waals surface area contributed by atoms with Crippen LogP contribution in [0.25, 0.3) is 23.9 Å². The molecule has 0 aliphatic carbocycles. The number of benzene rings is 4. The average Bonchev–Trinajstić information content (AvgIpc) is 3.47. The van der Waals surface area contributed by atoms with Crippen LogP contribution in [0.1, 0.15) is 22.5 Å². The lowest BCUT2D eigenvalue weighted by Crippen LogP contribution is -2.17. The zero-order valence-electron chi connectivity index (χ0n) is 22.1. The smallest absolute Gasteiger partial charge is 0.200 e. The van der Waals surface area contributed by atoms with Gasteiger partial charge in [0.15, 0.2) is 5.82 Å². The van der Waals surface area contributed by atoms with Crippen LogP contribution in [0.4, 0.5) is 0 Å². The predicted molar refractivity (Wildman–Crippen MR) is 165 cm³/mol. The summed E-state index contributed by atoms with van der Waals surface area (Å²) in [5.74, 6) is 0.550. The maximum Gasteiger partial charge on any atom is 0.276 e. The highest BCUT2D eigenvalue weighted by atomic mass is 35.5. The minimum atomic E-state index is -3.60. The Morgan fingerprint density at radius 1 is 0.805 bits per heavy atom. The number of aromatic nitrogens is 4. The molecule has 0 aliphatic heterocycles. The molecule has 0 saturated heterocycles. The van der Waals surface area contributed by atoms with Crippen LogP contribution >= 0.6 is 11.6 Å². The molecule has 0 fully saturated rings. The SMILES string of the molecule is Cc1ccc(S(=O)(=O)NN=CC=Cc2ccccc2)cc1.Clc1cccc(-n2nnc(C=Cc3ccccc3)n2)c1. The first kappa shape index (κ1) is 29.1. The van der Waals surface area contributed by atoms with E-state index >= 15 is 0 Å². The van der Waals surface area contributed by atoms with Crippen molar-refractivity contribution in [2.24, 2.45) is 5.10 Å². The van der Waals surface area contributed by atoms with E-state index in [1.54, 1.807) is 42.5 Å². The molecule has 0 amide bonds. The molecular weight excluding hydrogens is 556 g/mol. The van der Waals surface area contributed by atoms with E-state index in [2.05, 4.69) is 25.3 Å². The molecular formula is C31H27ClN6O2S. The number of halogens is 1. The Bertz CT molecular complexity index is 1730. The topological polar surface area (TPSA) is 102 Å². The molecule has 1 N–H and O–H groups in total. The van der Waals surface area contributed by atoms with Gasteiger partial charge >= 0.3 is 0 Å². The molecule has 4 aromatic carbocycles. The molecule has 41 heavy (non-hydrogen) atoms.